The topological polar surface area (TPSA) is 82.8 Å². The number of benzene rings is 1. The zero-order valence-electron chi connectivity index (χ0n) is 13.2. The van der Waals surface area contributed by atoms with Crippen LogP contribution in [-0.4, -0.2) is 45.9 Å². The molecule has 1 saturated heterocycles. The van der Waals surface area contributed by atoms with Crippen LogP contribution in [0.25, 0.3) is 0 Å². The Hall–Kier alpha value is -1.79. The van der Waals surface area contributed by atoms with Gasteiger partial charge in [0.1, 0.15) is 0 Å². The summed E-state index contributed by atoms with van der Waals surface area (Å²) in [7, 11) is 1.56. The van der Waals surface area contributed by atoms with Gasteiger partial charge in [0.2, 0.25) is 0 Å². The standard InChI is InChI=1S/C16H24N2O4/c1-16(10-21-11-16)9-18-15(19)12-5-3-6-13(20-2)14(12)22-8-4-7-17/h3,5-6H,4,7-11,17H2,1-2H3,(H,18,19). The Bertz CT molecular complexity index is 515. The highest BCUT2D eigenvalue weighted by molar-refractivity contribution is 5.97. The van der Waals surface area contributed by atoms with Gasteiger partial charge in [0, 0.05) is 12.0 Å². The molecule has 6 nitrogen and oxygen atoms in total. The molecule has 1 aromatic rings. The van der Waals surface area contributed by atoms with Gasteiger partial charge >= 0.3 is 0 Å². The molecule has 0 bridgehead atoms. The summed E-state index contributed by atoms with van der Waals surface area (Å²) in [6.45, 7) is 4.99. The highest BCUT2D eigenvalue weighted by Gasteiger charge is 2.34. The molecular weight excluding hydrogens is 284 g/mol. The minimum Gasteiger partial charge on any atom is -0.493 e. The molecule has 2 rings (SSSR count). The lowest BCUT2D eigenvalue weighted by Crippen LogP contribution is -2.48. The summed E-state index contributed by atoms with van der Waals surface area (Å²) in [5, 5.41) is 2.94. The Morgan fingerprint density at radius 2 is 2.23 bits per heavy atom. The van der Waals surface area contributed by atoms with Gasteiger partial charge in [-0.25, -0.2) is 0 Å². The maximum absolute atomic E-state index is 12.4. The van der Waals surface area contributed by atoms with Crippen LogP contribution >= 0.6 is 0 Å². The van der Waals surface area contributed by atoms with Gasteiger partial charge in [-0.15, -0.1) is 0 Å². The van der Waals surface area contributed by atoms with E-state index in [1.807, 2.05) is 0 Å². The fourth-order valence-corrected chi connectivity index (χ4v) is 2.20. The van der Waals surface area contributed by atoms with Crippen molar-refractivity contribution in [2.45, 2.75) is 13.3 Å². The fraction of sp³-hybridized carbons (Fsp3) is 0.562. The van der Waals surface area contributed by atoms with E-state index in [2.05, 4.69) is 12.2 Å². The summed E-state index contributed by atoms with van der Waals surface area (Å²) in [4.78, 5) is 12.4. The van der Waals surface area contributed by atoms with Crippen molar-refractivity contribution in [2.75, 3.05) is 40.0 Å². The van der Waals surface area contributed by atoms with Crippen molar-refractivity contribution in [3.8, 4) is 11.5 Å². The third-order valence-electron chi connectivity index (χ3n) is 3.62. The number of hydrogen-bond acceptors (Lipinski definition) is 5. The Balaban J connectivity index is 2.08. The molecule has 22 heavy (non-hydrogen) atoms. The summed E-state index contributed by atoms with van der Waals surface area (Å²) in [5.74, 6) is 0.837. The number of ether oxygens (including phenoxy) is 3. The molecule has 0 radical (unpaired) electrons. The number of amides is 1. The number of para-hydroxylation sites is 1. The molecule has 1 aliphatic rings. The van der Waals surface area contributed by atoms with E-state index in [1.54, 1.807) is 25.3 Å². The van der Waals surface area contributed by atoms with Crippen LogP contribution in [0.3, 0.4) is 0 Å². The third-order valence-corrected chi connectivity index (χ3v) is 3.62. The van der Waals surface area contributed by atoms with Crippen LogP contribution < -0.4 is 20.5 Å². The second-order valence-electron chi connectivity index (χ2n) is 5.81. The molecule has 1 heterocycles. The molecule has 0 unspecified atom stereocenters. The third kappa shape index (κ3) is 3.90. The molecular formula is C16H24N2O4. The maximum Gasteiger partial charge on any atom is 0.255 e. The van der Waals surface area contributed by atoms with Crippen molar-refractivity contribution in [3.05, 3.63) is 23.8 Å². The predicted octanol–water partition coefficient (Wildman–Crippen LogP) is 1.19. The van der Waals surface area contributed by atoms with E-state index in [9.17, 15) is 4.79 Å². The van der Waals surface area contributed by atoms with Crippen molar-refractivity contribution >= 4 is 5.91 Å². The first-order valence-corrected chi connectivity index (χ1v) is 7.45. The van der Waals surface area contributed by atoms with Crippen LogP contribution in [0.1, 0.15) is 23.7 Å². The van der Waals surface area contributed by atoms with Gasteiger partial charge in [-0.1, -0.05) is 13.0 Å². The number of carbonyl (C=O) groups is 1. The maximum atomic E-state index is 12.4. The lowest BCUT2D eigenvalue weighted by atomic mass is 9.88. The first-order valence-electron chi connectivity index (χ1n) is 7.45. The van der Waals surface area contributed by atoms with Crippen molar-refractivity contribution < 1.29 is 19.0 Å². The van der Waals surface area contributed by atoms with Gasteiger partial charge in [-0.2, -0.15) is 0 Å². The van der Waals surface area contributed by atoms with Gasteiger partial charge in [0.05, 0.1) is 32.5 Å². The number of nitrogens with one attached hydrogen (secondary N) is 1. The predicted molar refractivity (Wildman–Crippen MR) is 83.4 cm³/mol. The summed E-state index contributed by atoms with van der Waals surface area (Å²) in [5.41, 5.74) is 5.97. The second-order valence-corrected chi connectivity index (χ2v) is 5.81. The van der Waals surface area contributed by atoms with E-state index in [1.165, 1.54) is 0 Å². The SMILES string of the molecule is COc1cccc(C(=O)NCC2(C)COC2)c1OCCCN. The van der Waals surface area contributed by atoms with Gasteiger partial charge in [0.15, 0.2) is 11.5 Å². The molecule has 122 valence electrons. The van der Waals surface area contributed by atoms with Crippen LogP contribution in [0.4, 0.5) is 0 Å². The highest BCUT2D eigenvalue weighted by Crippen LogP contribution is 2.31. The van der Waals surface area contributed by atoms with Crippen molar-refractivity contribution in [1.29, 1.82) is 0 Å². The highest BCUT2D eigenvalue weighted by atomic mass is 16.5. The quantitative estimate of drug-likeness (QED) is 0.705. The fourth-order valence-electron chi connectivity index (χ4n) is 2.20. The minimum atomic E-state index is -0.172. The van der Waals surface area contributed by atoms with Crippen molar-refractivity contribution in [3.63, 3.8) is 0 Å². The Morgan fingerprint density at radius 1 is 1.45 bits per heavy atom. The van der Waals surface area contributed by atoms with Crippen LogP contribution in [0.2, 0.25) is 0 Å². The van der Waals surface area contributed by atoms with Crippen LogP contribution in [-0.2, 0) is 4.74 Å². The van der Waals surface area contributed by atoms with Gasteiger partial charge in [0.25, 0.3) is 5.91 Å². The van der Waals surface area contributed by atoms with E-state index in [-0.39, 0.29) is 11.3 Å². The molecule has 0 atom stereocenters. The largest absolute Gasteiger partial charge is 0.493 e. The summed E-state index contributed by atoms with van der Waals surface area (Å²) < 4.78 is 16.2. The summed E-state index contributed by atoms with van der Waals surface area (Å²) >= 11 is 0. The van der Waals surface area contributed by atoms with E-state index in [0.717, 1.165) is 0 Å². The number of rotatable bonds is 8. The van der Waals surface area contributed by atoms with Gasteiger partial charge < -0.3 is 25.3 Å². The first kappa shape index (κ1) is 16.6. The molecule has 1 amide bonds. The number of nitrogens with two attached hydrogens (primary N) is 1. The second kappa shape index (κ2) is 7.47. The average molecular weight is 308 g/mol. The van der Waals surface area contributed by atoms with E-state index in [0.29, 0.717) is 56.4 Å². The summed E-state index contributed by atoms with van der Waals surface area (Å²) in [6.07, 6.45) is 0.717. The average Bonchev–Trinajstić information content (AvgIpc) is 2.51. The Morgan fingerprint density at radius 3 is 2.82 bits per heavy atom. The van der Waals surface area contributed by atoms with Crippen LogP contribution in [0.15, 0.2) is 18.2 Å². The lowest BCUT2D eigenvalue weighted by Gasteiger charge is -2.38. The van der Waals surface area contributed by atoms with E-state index < -0.39 is 0 Å². The molecule has 0 spiro atoms. The first-order chi connectivity index (χ1) is 10.6. The normalized spacial score (nSPS) is 15.8. The molecule has 1 aromatic carbocycles. The van der Waals surface area contributed by atoms with E-state index in [4.69, 9.17) is 19.9 Å². The number of carbonyl (C=O) groups excluding carboxylic acids is 1. The van der Waals surface area contributed by atoms with Crippen molar-refractivity contribution in [2.24, 2.45) is 11.1 Å². The molecule has 0 aromatic heterocycles. The monoisotopic (exact) mass is 308 g/mol. The van der Waals surface area contributed by atoms with Gasteiger partial charge in [-0.3, -0.25) is 4.79 Å². The Kier molecular flexibility index (Phi) is 5.63. The van der Waals surface area contributed by atoms with Crippen LogP contribution in [0, 0.1) is 5.41 Å². The van der Waals surface area contributed by atoms with Crippen molar-refractivity contribution in [1.82, 2.24) is 5.32 Å². The molecule has 1 aliphatic heterocycles. The molecule has 0 saturated carbocycles. The molecule has 0 aliphatic carbocycles. The zero-order chi connectivity index (χ0) is 16.0. The molecule has 3 N–H and O–H groups in total. The van der Waals surface area contributed by atoms with E-state index >= 15 is 0 Å². The number of methoxy groups -OCH3 is 1. The molecule has 6 heteroatoms. The smallest absolute Gasteiger partial charge is 0.255 e. The zero-order valence-corrected chi connectivity index (χ0v) is 13.2. The Labute approximate surface area is 130 Å². The summed E-state index contributed by atoms with van der Waals surface area (Å²) in [6, 6.07) is 5.28. The van der Waals surface area contributed by atoms with Gasteiger partial charge in [-0.05, 0) is 25.1 Å². The van der Waals surface area contributed by atoms with Crippen LogP contribution in [0.5, 0.6) is 11.5 Å². The minimum absolute atomic E-state index is 0.0229. The number of hydrogen-bond donors (Lipinski definition) is 2. The lowest BCUT2D eigenvalue weighted by molar-refractivity contribution is -0.0978. The molecule has 1 fully saturated rings.